The van der Waals surface area contributed by atoms with Crippen LogP contribution in [0.5, 0.6) is 5.75 Å². The van der Waals surface area contributed by atoms with Gasteiger partial charge in [0.05, 0.1) is 17.3 Å². The molecule has 0 radical (unpaired) electrons. The van der Waals surface area contributed by atoms with Crippen LogP contribution >= 0.6 is 22.3 Å². The predicted octanol–water partition coefficient (Wildman–Crippen LogP) is 2.98. The van der Waals surface area contributed by atoms with E-state index in [0.29, 0.717) is 18.6 Å². The second kappa shape index (κ2) is 6.93. The van der Waals surface area contributed by atoms with Crippen LogP contribution in [0.25, 0.3) is 0 Å². The van der Waals surface area contributed by atoms with E-state index in [0.717, 1.165) is 0 Å². The van der Waals surface area contributed by atoms with Crippen LogP contribution in [0, 0.1) is 10.1 Å². The van der Waals surface area contributed by atoms with E-state index in [-0.39, 0.29) is 23.1 Å². The fourth-order valence-electron chi connectivity index (χ4n) is 1.29. The predicted molar refractivity (Wildman–Crippen MR) is 72.5 cm³/mol. The monoisotopic (exact) mass is 327 g/mol. The quantitative estimate of drug-likeness (QED) is 0.332. The van der Waals surface area contributed by atoms with E-state index < -0.39 is 14.0 Å². The maximum Gasteiger partial charge on any atom is 0.288 e. The molecule has 0 aliphatic heterocycles. The summed E-state index contributed by atoms with van der Waals surface area (Å²) < 4.78 is 26.6. The Morgan fingerprint density at radius 2 is 2.00 bits per heavy atom. The number of rotatable bonds is 7. The maximum atomic E-state index is 10.7. The molecule has 0 aliphatic rings. The van der Waals surface area contributed by atoms with Gasteiger partial charge in [-0.1, -0.05) is 11.6 Å². The van der Waals surface area contributed by atoms with Gasteiger partial charge in [0, 0.05) is 22.8 Å². The third kappa shape index (κ3) is 6.09. The minimum absolute atomic E-state index is 0.00849. The van der Waals surface area contributed by atoms with Gasteiger partial charge in [0.25, 0.3) is 5.69 Å². The molecule has 0 N–H and O–H groups in total. The Bertz CT molecular complexity index is 561. The van der Waals surface area contributed by atoms with Crippen LogP contribution in [0.1, 0.15) is 12.8 Å². The highest BCUT2D eigenvalue weighted by Crippen LogP contribution is 2.28. The normalized spacial score (nSPS) is 11.3. The summed E-state index contributed by atoms with van der Waals surface area (Å²) in [6.07, 6.45) is 0.882. The molecule has 0 saturated heterocycles. The third-order valence-electron chi connectivity index (χ3n) is 2.17. The molecule has 19 heavy (non-hydrogen) atoms. The lowest BCUT2D eigenvalue weighted by Gasteiger charge is -2.06. The van der Waals surface area contributed by atoms with E-state index in [1.165, 1.54) is 18.2 Å². The standard InChI is InChI=1S/C10H11Cl2NO5S/c11-9-7-8(3-4-10(9)13(14)15)18-5-1-2-6-19(12,16)17/h3-4,7H,1-2,5-6H2. The summed E-state index contributed by atoms with van der Waals surface area (Å²) in [5, 5.41) is 10.5. The largest absolute Gasteiger partial charge is 0.494 e. The molecular weight excluding hydrogens is 317 g/mol. The van der Waals surface area contributed by atoms with Crippen LogP contribution in [0.2, 0.25) is 5.02 Å². The Morgan fingerprint density at radius 3 is 2.53 bits per heavy atom. The van der Waals surface area contributed by atoms with Crippen LogP contribution in [-0.4, -0.2) is 25.7 Å². The highest BCUT2D eigenvalue weighted by atomic mass is 35.7. The Labute approximate surface area is 119 Å². The summed E-state index contributed by atoms with van der Waals surface area (Å²) >= 11 is 5.71. The van der Waals surface area contributed by atoms with E-state index in [2.05, 4.69) is 0 Å². The van der Waals surface area contributed by atoms with Gasteiger partial charge in [0.1, 0.15) is 10.8 Å². The van der Waals surface area contributed by atoms with Crippen LogP contribution in [0.15, 0.2) is 18.2 Å². The molecule has 0 unspecified atom stereocenters. The van der Waals surface area contributed by atoms with Crippen molar-refractivity contribution in [3.63, 3.8) is 0 Å². The molecule has 1 rings (SSSR count). The smallest absolute Gasteiger partial charge is 0.288 e. The fraction of sp³-hybridized carbons (Fsp3) is 0.400. The molecule has 9 heteroatoms. The van der Waals surface area contributed by atoms with E-state index in [9.17, 15) is 18.5 Å². The van der Waals surface area contributed by atoms with Gasteiger partial charge in [0.2, 0.25) is 9.05 Å². The van der Waals surface area contributed by atoms with Gasteiger partial charge in [-0.25, -0.2) is 8.42 Å². The van der Waals surface area contributed by atoms with Gasteiger partial charge in [0.15, 0.2) is 0 Å². The van der Waals surface area contributed by atoms with Crippen LogP contribution in [0.4, 0.5) is 5.69 Å². The lowest BCUT2D eigenvalue weighted by Crippen LogP contribution is -2.02. The summed E-state index contributed by atoms with van der Waals surface area (Å²) in [6, 6.07) is 4.03. The second-order valence-corrected chi connectivity index (χ2v) is 6.97. The number of nitrogens with zero attached hydrogens (tertiary/aromatic N) is 1. The van der Waals surface area contributed by atoms with Crippen LogP contribution in [0.3, 0.4) is 0 Å². The molecule has 0 spiro atoms. The molecule has 0 bridgehead atoms. The zero-order valence-corrected chi connectivity index (χ0v) is 12.0. The molecule has 0 saturated carbocycles. The Morgan fingerprint density at radius 1 is 1.32 bits per heavy atom. The van der Waals surface area contributed by atoms with Gasteiger partial charge in [-0.2, -0.15) is 0 Å². The van der Waals surface area contributed by atoms with Gasteiger partial charge in [-0.3, -0.25) is 10.1 Å². The Hall–Kier alpha value is -1.05. The lowest BCUT2D eigenvalue weighted by molar-refractivity contribution is -0.384. The maximum absolute atomic E-state index is 10.7. The van der Waals surface area contributed by atoms with Gasteiger partial charge in [-0.05, 0) is 18.9 Å². The minimum atomic E-state index is -3.47. The van der Waals surface area contributed by atoms with Crippen molar-refractivity contribution in [2.24, 2.45) is 0 Å². The highest BCUT2D eigenvalue weighted by molar-refractivity contribution is 8.13. The van der Waals surface area contributed by atoms with Crippen molar-refractivity contribution < 1.29 is 18.1 Å². The van der Waals surface area contributed by atoms with Crippen molar-refractivity contribution in [1.29, 1.82) is 0 Å². The Balaban J connectivity index is 2.42. The van der Waals surface area contributed by atoms with Crippen molar-refractivity contribution in [2.45, 2.75) is 12.8 Å². The summed E-state index contributed by atoms with van der Waals surface area (Å²) in [6.45, 7) is 0.278. The number of nitro groups is 1. The molecule has 0 atom stereocenters. The van der Waals surface area contributed by atoms with E-state index >= 15 is 0 Å². The molecular formula is C10H11Cl2NO5S. The topological polar surface area (TPSA) is 86.5 Å². The molecule has 106 valence electrons. The number of hydrogen-bond acceptors (Lipinski definition) is 5. The average Bonchev–Trinajstić information content (AvgIpc) is 2.26. The highest BCUT2D eigenvalue weighted by Gasteiger charge is 2.12. The fourth-order valence-corrected chi connectivity index (χ4v) is 2.41. The van der Waals surface area contributed by atoms with Gasteiger partial charge < -0.3 is 4.74 Å². The van der Waals surface area contributed by atoms with E-state index in [1.54, 1.807) is 0 Å². The number of benzene rings is 1. The van der Waals surface area contributed by atoms with Crippen molar-refractivity contribution in [3.05, 3.63) is 33.3 Å². The number of nitro benzene ring substituents is 1. The second-order valence-electron chi connectivity index (χ2n) is 3.67. The van der Waals surface area contributed by atoms with Crippen molar-refractivity contribution in [1.82, 2.24) is 0 Å². The molecule has 0 aromatic heterocycles. The summed E-state index contributed by atoms with van der Waals surface area (Å²) in [7, 11) is 1.58. The first kappa shape index (κ1) is 16.0. The third-order valence-corrected chi connectivity index (χ3v) is 3.71. The van der Waals surface area contributed by atoms with Gasteiger partial charge in [-0.15, -0.1) is 0 Å². The van der Waals surface area contributed by atoms with Crippen molar-refractivity contribution >= 4 is 37.0 Å². The average molecular weight is 328 g/mol. The number of unbranched alkanes of at least 4 members (excludes halogenated alkanes) is 1. The zero-order valence-electron chi connectivity index (χ0n) is 9.71. The van der Waals surface area contributed by atoms with Crippen molar-refractivity contribution in [3.8, 4) is 5.75 Å². The summed E-state index contributed by atoms with van der Waals surface area (Å²) in [4.78, 5) is 9.95. The lowest BCUT2D eigenvalue weighted by atomic mass is 10.3. The summed E-state index contributed by atoms with van der Waals surface area (Å²) in [5.74, 6) is 0.281. The number of halogens is 2. The SMILES string of the molecule is O=[N+]([O-])c1ccc(OCCCCS(=O)(=O)Cl)cc1Cl. The summed E-state index contributed by atoms with van der Waals surface area (Å²) in [5.41, 5.74) is -0.192. The van der Waals surface area contributed by atoms with Crippen LogP contribution < -0.4 is 4.74 Å². The first-order chi connectivity index (χ1) is 8.79. The molecule has 0 amide bonds. The minimum Gasteiger partial charge on any atom is -0.494 e. The van der Waals surface area contributed by atoms with Crippen LogP contribution in [-0.2, 0) is 9.05 Å². The van der Waals surface area contributed by atoms with E-state index in [4.69, 9.17) is 27.0 Å². The Kier molecular flexibility index (Phi) is 5.84. The molecule has 1 aromatic carbocycles. The molecule has 6 nitrogen and oxygen atoms in total. The zero-order chi connectivity index (χ0) is 14.5. The molecule has 0 heterocycles. The van der Waals surface area contributed by atoms with E-state index in [1.807, 2.05) is 0 Å². The molecule has 0 aliphatic carbocycles. The number of hydrogen-bond donors (Lipinski definition) is 0. The molecule has 1 aromatic rings. The van der Waals surface area contributed by atoms with Crippen molar-refractivity contribution in [2.75, 3.05) is 12.4 Å². The first-order valence-corrected chi connectivity index (χ1v) is 8.14. The number of ether oxygens (including phenoxy) is 1. The van der Waals surface area contributed by atoms with Gasteiger partial charge >= 0.3 is 0 Å². The first-order valence-electron chi connectivity index (χ1n) is 5.28. The molecule has 0 fully saturated rings.